The van der Waals surface area contributed by atoms with E-state index in [9.17, 15) is 4.79 Å². The van der Waals surface area contributed by atoms with Crippen molar-refractivity contribution >= 4 is 11.8 Å². The Bertz CT molecular complexity index is 703. The number of carbonyl (C=O) groups excluding carboxylic acids is 1. The zero-order valence-electron chi connectivity index (χ0n) is 18.0. The normalized spacial score (nSPS) is 19.2. The third-order valence-corrected chi connectivity index (χ3v) is 5.84. The van der Waals surface area contributed by atoms with Crippen LogP contribution in [0.15, 0.2) is 12.1 Å². The maximum atomic E-state index is 12.5. The van der Waals surface area contributed by atoms with Gasteiger partial charge in [-0.25, -0.2) is 4.79 Å². The van der Waals surface area contributed by atoms with Crippen molar-refractivity contribution in [1.29, 1.82) is 0 Å². The standard InChI is InChI=1S/C23H36N2O2/c1-7-11-24-14-10-23(5,6)19-15-17-8-12-25(21(26)27-22(2,3)4)13-9-18(17)16-20(19)24/h15-16H,7-14H2,1-6H3. The molecule has 3 rings (SSSR count). The first-order valence-corrected chi connectivity index (χ1v) is 10.5. The first-order valence-electron chi connectivity index (χ1n) is 10.5. The molecule has 2 aliphatic heterocycles. The molecule has 0 saturated heterocycles. The highest BCUT2D eigenvalue weighted by Crippen LogP contribution is 2.41. The van der Waals surface area contributed by atoms with E-state index in [4.69, 9.17) is 4.74 Å². The third kappa shape index (κ3) is 4.41. The summed E-state index contributed by atoms with van der Waals surface area (Å²) < 4.78 is 5.59. The number of hydrogen-bond donors (Lipinski definition) is 0. The molecule has 1 aromatic rings. The first kappa shape index (κ1) is 20.0. The van der Waals surface area contributed by atoms with Gasteiger partial charge >= 0.3 is 6.09 Å². The second-order valence-electron chi connectivity index (χ2n) is 9.73. The smallest absolute Gasteiger partial charge is 0.410 e. The number of benzene rings is 1. The Kier molecular flexibility index (Phi) is 5.47. The summed E-state index contributed by atoms with van der Waals surface area (Å²) in [6, 6.07) is 4.85. The van der Waals surface area contributed by atoms with Crippen LogP contribution in [0.1, 0.15) is 71.1 Å². The van der Waals surface area contributed by atoms with E-state index in [1.54, 1.807) is 0 Å². The Balaban J connectivity index is 1.86. The number of carbonyl (C=O) groups is 1. The molecule has 0 spiro atoms. The zero-order valence-corrected chi connectivity index (χ0v) is 18.0. The van der Waals surface area contributed by atoms with Crippen LogP contribution in [0.5, 0.6) is 0 Å². The van der Waals surface area contributed by atoms with Gasteiger partial charge in [-0.1, -0.05) is 26.8 Å². The van der Waals surface area contributed by atoms with Crippen LogP contribution in [0.3, 0.4) is 0 Å². The van der Waals surface area contributed by atoms with Gasteiger partial charge in [0.25, 0.3) is 0 Å². The van der Waals surface area contributed by atoms with Crippen LogP contribution in [0.2, 0.25) is 0 Å². The van der Waals surface area contributed by atoms with Gasteiger partial charge in [-0.2, -0.15) is 0 Å². The van der Waals surface area contributed by atoms with Gasteiger partial charge in [-0.05, 0) is 74.6 Å². The van der Waals surface area contributed by atoms with Gasteiger partial charge in [-0.3, -0.25) is 0 Å². The molecule has 2 aliphatic rings. The Morgan fingerprint density at radius 3 is 2.33 bits per heavy atom. The van der Waals surface area contributed by atoms with Crippen molar-refractivity contribution in [3.05, 3.63) is 28.8 Å². The minimum atomic E-state index is -0.444. The summed E-state index contributed by atoms with van der Waals surface area (Å²) in [6.45, 7) is 16.5. The number of fused-ring (bicyclic) bond motifs is 2. The van der Waals surface area contributed by atoms with Crippen molar-refractivity contribution in [3.8, 4) is 0 Å². The molecular formula is C23H36N2O2. The largest absolute Gasteiger partial charge is 0.444 e. The second kappa shape index (κ2) is 7.37. The minimum Gasteiger partial charge on any atom is -0.444 e. The molecule has 0 radical (unpaired) electrons. The number of rotatable bonds is 2. The number of ether oxygens (including phenoxy) is 1. The van der Waals surface area contributed by atoms with Crippen LogP contribution in [-0.2, 0) is 23.0 Å². The van der Waals surface area contributed by atoms with Crippen LogP contribution in [0, 0.1) is 0 Å². The van der Waals surface area contributed by atoms with Gasteiger partial charge in [0.2, 0.25) is 0 Å². The molecule has 1 aromatic carbocycles. The first-order chi connectivity index (χ1) is 12.6. The Labute approximate surface area is 164 Å². The summed E-state index contributed by atoms with van der Waals surface area (Å²) in [7, 11) is 0. The lowest BCUT2D eigenvalue weighted by molar-refractivity contribution is 0.0258. The molecular weight excluding hydrogens is 336 g/mol. The summed E-state index contributed by atoms with van der Waals surface area (Å²) >= 11 is 0. The van der Waals surface area contributed by atoms with E-state index in [1.807, 2.05) is 25.7 Å². The lowest BCUT2D eigenvalue weighted by Gasteiger charge is -2.41. The molecule has 4 heteroatoms. The van der Waals surface area contributed by atoms with Gasteiger partial charge in [0.05, 0.1) is 0 Å². The van der Waals surface area contributed by atoms with E-state index >= 15 is 0 Å². The maximum Gasteiger partial charge on any atom is 0.410 e. The highest BCUT2D eigenvalue weighted by atomic mass is 16.6. The molecule has 0 aliphatic carbocycles. The Hall–Kier alpha value is -1.71. The molecule has 4 nitrogen and oxygen atoms in total. The highest BCUT2D eigenvalue weighted by molar-refractivity contribution is 5.69. The molecule has 0 fully saturated rings. The minimum absolute atomic E-state index is 0.187. The van der Waals surface area contributed by atoms with Crippen LogP contribution < -0.4 is 4.90 Å². The fourth-order valence-corrected chi connectivity index (χ4v) is 4.25. The third-order valence-electron chi connectivity index (χ3n) is 5.84. The molecule has 0 atom stereocenters. The molecule has 0 N–H and O–H groups in total. The summed E-state index contributed by atoms with van der Waals surface area (Å²) in [6.07, 6.45) is 3.99. The lowest BCUT2D eigenvalue weighted by atomic mass is 9.76. The lowest BCUT2D eigenvalue weighted by Crippen LogP contribution is -2.38. The van der Waals surface area contributed by atoms with E-state index in [2.05, 4.69) is 37.8 Å². The number of amides is 1. The zero-order chi connectivity index (χ0) is 19.8. The Morgan fingerprint density at radius 1 is 1.11 bits per heavy atom. The van der Waals surface area contributed by atoms with Gasteiger partial charge in [0, 0.05) is 31.9 Å². The van der Waals surface area contributed by atoms with E-state index in [0.29, 0.717) is 0 Å². The molecule has 0 saturated carbocycles. The molecule has 1 amide bonds. The maximum absolute atomic E-state index is 12.5. The number of anilines is 1. The quantitative estimate of drug-likeness (QED) is 0.739. The van der Waals surface area contributed by atoms with Gasteiger partial charge in [-0.15, -0.1) is 0 Å². The average molecular weight is 373 g/mol. The van der Waals surface area contributed by atoms with Gasteiger partial charge in [0.15, 0.2) is 0 Å². The van der Waals surface area contributed by atoms with Crippen LogP contribution >= 0.6 is 0 Å². The molecule has 150 valence electrons. The molecule has 0 aromatic heterocycles. The van der Waals surface area contributed by atoms with Crippen molar-refractivity contribution in [2.45, 2.75) is 78.2 Å². The molecule has 2 heterocycles. The molecule has 27 heavy (non-hydrogen) atoms. The van der Waals surface area contributed by atoms with Crippen molar-refractivity contribution in [2.24, 2.45) is 0 Å². The van der Waals surface area contributed by atoms with Crippen molar-refractivity contribution in [3.63, 3.8) is 0 Å². The Morgan fingerprint density at radius 2 is 1.74 bits per heavy atom. The number of hydrogen-bond acceptors (Lipinski definition) is 3. The van der Waals surface area contributed by atoms with Crippen molar-refractivity contribution < 1.29 is 9.53 Å². The fourth-order valence-electron chi connectivity index (χ4n) is 4.25. The summed E-state index contributed by atoms with van der Waals surface area (Å²) in [5, 5.41) is 0. The van der Waals surface area contributed by atoms with Gasteiger partial charge < -0.3 is 14.5 Å². The summed E-state index contributed by atoms with van der Waals surface area (Å²) in [5.74, 6) is 0. The van der Waals surface area contributed by atoms with E-state index in [0.717, 1.165) is 39.0 Å². The SMILES string of the molecule is CCCN1CCC(C)(C)c2cc3c(cc21)CCN(C(=O)OC(C)(C)C)CC3. The van der Waals surface area contributed by atoms with Crippen LogP contribution in [0.4, 0.5) is 10.5 Å². The van der Waals surface area contributed by atoms with Crippen LogP contribution in [-0.4, -0.2) is 42.8 Å². The predicted octanol–water partition coefficient (Wildman–Crippen LogP) is 4.92. The summed E-state index contributed by atoms with van der Waals surface area (Å²) in [4.78, 5) is 16.9. The van der Waals surface area contributed by atoms with Gasteiger partial charge in [0.1, 0.15) is 5.60 Å². The van der Waals surface area contributed by atoms with E-state index < -0.39 is 5.60 Å². The number of nitrogens with zero attached hydrogens (tertiary/aromatic N) is 2. The monoisotopic (exact) mass is 372 g/mol. The summed E-state index contributed by atoms with van der Waals surface area (Å²) in [5.41, 5.74) is 5.47. The van der Waals surface area contributed by atoms with E-state index in [-0.39, 0.29) is 11.5 Å². The van der Waals surface area contributed by atoms with E-state index in [1.165, 1.54) is 35.2 Å². The topological polar surface area (TPSA) is 32.8 Å². The fraction of sp³-hybridized carbons (Fsp3) is 0.696. The van der Waals surface area contributed by atoms with Crippen LogP contribution in [0.25, 0.3) is 0 Å². The highest BCUT2D eigenvalue weighted by Gasteiger charge is 2.33. The van der Waals surface area contributed by atoms with Crippen molar-refractivity contribution in [1.82, 2.24) is 4.90 Å². The van der Waals surface area contributed by atoms with Crippen molar-refractivity contribution in [2.75, 3.05) is 31.1 Å². The average Bonchev–Trinajstić information content (AvgIpc) is 2.77. The predicted molar refractivity (Wildman–Crippen MR) is 112 cm³/mol. The molecule has 0 unspecified atom stereocenters. The molecule has 0 bridgehead atoms. The second-order valence-corrected chi connectivity index (χ2v) is 9.73.